The smallest absolute Gasteiger partial charge is 0.341 e. The van der Waals surface area contributed by atoms with E-state index in [0.717, 1.165) is 17.5 Å². The quantitative estimate of drug-likeness (QED) is 0.389. The lowest BCUT2D eigenvalue weighted by atomic mass is 9.87. The maximum absolute atomic E-state index is 13.1. The minimum Gasteiger partial charge on any atom is -0.482 e. The number of carbonyl (C=O) groups is 1. The molecule has 0 saturated heterocycles. The van der Waals surface area contributed by atoms with Gasteiger partial charge in [-0.15, -0.1) is 0 Å². The lowest BCUT2D eigenvalue weighted by Crippen LogP contribution is -2.31. The monoisotopic (exact) mass is 566 g/mol. The Balaban J connectivity index is 1.54. The molecule has 0 amide bonds. The van der Waals surface area contributed by atoms with Crippen LogP contribution >= 0.6 is 27.5 Å². The molecular formula is C23H20BrClN2O6S. The van der Waals surface area contributed by atoms with Crippen LogP contribution in [0.2, 0.25) is 5.02 Å². The summed E-state index contributed by atoms with van der Waals surface area (Å²) < 4.78 is 40.5. The van der Waals surface area contributed by atoms with Gasteiger partial charge in [0.25, 0.3) is 0 Å². The van der Waals surface area contributed by atoms with E-state index in [-0.39, 0.29) is 10.8 Å². The second-order valence-corrected chi connectivity index (χ2v) is 10.6. The lowest BCUT2D eigenvalue weighted by molar-refractivity contribution is -0.139. The van der Waals surface area contributed by atoms with E-state index in [2.05, 4.69) is 25.6 Å². The predicted octanol–water partition coefficient (Wildman–Crippen LogP) is 5.11. The van der Waals surface area contributed by atoms with E-state index in [0.29, 0.717) is 33.8 Å². The van der Waals surface area contributed by atoms with Crippen molar-refractivity contribution < 1.29 is 27.8 Å². The Morgan fingerprint density at radius 1 is 1.24 bits per heavy atom. The third-order valence-corrected chi connectivity index (χ3v) is 7.49. The van der Waals surface area contributed by atoms with Crippen molar-refractivity contribution in [3.63, 3.8) is 0 Å². The number of nitrogens with one attached hydrogen (secondary N) is 1. The van der Waals surface area contributed by atoms with Crippen LogP contribution in [-0.2, 0) is 21.2 Å². The maximum atomic E-state index is 13.1. The fourth-order valence-corrected chi connectivity index (χ4v) is 5.64. The summed E-state index contributed by atoms with van der Waals surface area (Å²) in [7, 11) is -3.91. The van der Waals surface area contributed by atoms with Gasteiger partial charge in [-0.2, -0.15) is 0 Å². The molecule has 2 N–H and O–H groups in total. The summed E-state index contributed by atoms with van der Waals surface area (Å²) in [4.78, 5) is 15.0. The molecule has 4 rings (SSSR count). The van der Waals surface area contributed by atoms with Crippen molar-refractivity contribution in [2.45, 2.75) is 30.2 Å². The molecule has 1 aromatic heterocycles. The predicted molar refractivity (Wildman–Crippen MR) is 129 cm³/mol. The first-order chi connectivity index (χ1) is 16.2. The van der Waals surface area contributed by atoms with E-state index in [1.54, 1.807) is 36.4 Å². The van der Waals surface area contributed by atoms with Crippen molar-refractivity contribution in [3.8, 4) is 17.4 Å². The van der Waals surface area contributed by atoms with Gasteiger partial charge in [-0.1, -0.05) is 23.7 Å². The molecule has 0 spiro atoms. The average molecular weight is 568 g/mol. The highest BCUT2D eigenvalue weighted by atomic mass is 79.9. The normalized spacial score (nSPS) is 15.4. The highest BCUT2D eigenvalue weighted by Gasteiger charge is 2.28. The van der Waals surface area contributed by atoms with Crippen molar-refractivity contribution in [3.05, 3.63) is 75.4 Å². The van der Waals surface area contributed by atoms with Crippen LogP contribution in [0.15, 0.2) is 64.1 Å². The summed E-state index contributed by atoms with van der Waals surface area (Å²) in [5, 5.41) is 9.47. The van der Waals surface area contributed by atoms with E-state index >= 15 is 0 Å². The molecule has 2 aromatic carbocycles. The number of hydrogen-bond donors (Lipinski definition) is 2. The lowest BCUT2D eigenvalue weighted by Gasteiger charge is -2.27. The number of halogens is 2. The molecule has 1 heterocycles. The van der Waals surface area contributed by atoms with Gasteiger partial charge in [0, 0.05) is 11.1 Å². The van der Waals surface area contributed by atoms with Crippen LogP contribution in [0, 0.1) is 0 Å². The van der Waals surface area contributed by atoms with Crippen molar-refractivity contribution in [2.75, 3.05) is 6.61 Å². The van der Waals surface area contributed by atoms with Crippen LogP contribution in [-0.4, -0.2) is 31.1 Å². The molecule has 8 nitrogen and oxygen atoms in total. The molecule has 178 valence electrons. The number of carboxylic acid groups (broad SMARTS) is 1. The number of aliphatic carboxylic acids is 1. The highest BCUT2D eigenvalue weighted by Crippen LogP contribution is 2.37. The third kappa shape index (κ3) is 5.69. The maximum Gasteiger partial charge on any atom is 0.341 e. The van der Waals surface area contributed by atoms with Crippen LogP contribution < -0.4 is 14.2 Å². The van der Waals surface area contributed by atoms with Gasteiger partial charge < -0.3 is 14.6 Å². The minimum atomic E-state index is -3.91. The summed E-state index contributed by atoms with van der Waals surface area (Å²) in [6.45, 7) is -0.461. The van der Waals surface area contributed by atoms with Crippen molar-refractivity contribution in [1.29, 1.82) is 0 Å². The SMILES string of the molecule is O=C(O)COc1cccc2c1CCCC2NS(=O)(=O)c1cnc(Oc2ccc(Cl)cc2)c(Br)c1. The summed E-state index contributed by atoms with van der Waals surface area (Å²) >= 11 is 9.21. The van der Waals surface area contributed by atoms with Crippen molar-refractivity contribution in [2.24, 2.45) is 0 Å². The standard InChI is InChI=1S/C23H20BrClN2O6S/c24-19-11-16(12-26-23(19)33-15-9-7-14(25)8-10-15)34(30,31)27-20-5-1-4-18-17(20)3-2-6-21(18)32-13-22(28)29/h2-3,6-12,20,27H,1,4-5,13H2,(H,28,29). The zero-order valence-electron chi connectivity index (χ0n) is 17.7. The molecule has 0 bridgehead atoms. The van der Waals surface area contributed by atoms with Gasteiger partial charge in [-0.25, -0.2) is 22.9 Å². The molecule has 11 heteroatoms. The van der Waals surface area contributed by atoms with E-state index in [9.17, 15) is 13.2 Å². The Morgan fingerprint density at radius 2 is 2.00 bits per heavy atom. The molecule has 1 unspecified atom stereocenters. The Bertz CT molecular complexity index is 1320. The molecule has 1 aliphatic carbocycles. The molecule has 0 fully saturated rings. The fourth-order valence-electron chi connectivity index (χ4n) is 3.71. The summed E-state index contributed by atoms with van der Waals surface area (Å²) in [5.41, 5.74) is 1.58. The van der Waals surface area contributed by atoms with Crippen molar-refractivity contribution in [1.82, 2.24) is 9.71 Å². The first-order valence-corrected chi connectivity index (χ1v) is 13.0. The first kappa shape index (κ1) is 24.5. The molecule has 0 saturated carbocycles. The molecule has 0 aliphatic heterocycles. The van der Waals surface area contributed by atoms with Crippen LogP contribution in [0.4, 0.5) is 0 Å². The van der Waals surface area contributed by atoms with Gasteiger partial charge in [0.1, 0.15) is 16.4 Å². The number of carboxylic acids is 1. The Hall–Kier alpha value is -2.66. The van der Waals surface area contributed by atoms with Gasteiger partial charge in [-0.05, 0) is 82.7 Å². The van der Waals surface area contributed by atoms with Crippen LogP contribution in [0.25, 0.3) is 0 Å². The van der Waals surface area contributed by atoms with E-state index < -0.39 is 28.6 Å². The number of benzene rings is 2. The van der Waals surface area contributed by atoms with Crippen LogP contribution in [0.5, 0.6) is 17.4 Å². The zero-order chi connectivity index (χ0) is 24.3. The summed E-state index contributed by atoms with van der Waals surface area (Å²) in [5.74, 6) is 0.0970. The van der Waals surface area contributed by atoms with Crippen LogP contribution in [0.3, 0.4) is 0 Å². The molecule has 1 aliphatic rings. The number of sulfonamides is 1. The number of ether oxygens (including phenoxy) is 2. The number of pyridine rings is 1. The molecular weight excluding hydrogens is 548 g/mol. The highest BCUT2D eigenvalue weighted by molar-refractivity contribution is 9.10. The Labute approximate surface area is 210 Å². The number of hydrogen-bond acceptors (Lipinski definition) is 6. The van der Waals surface area contributed by atoms with Crippen LogP contribution in [0.1, 0.15) is 30.0 Å². The second kappa shape index (κ2) is 10.3. The van der Waals surface area contributed by atoms with E-state index in [4.69, 9.17) is 26.2 Å². The molecule has 3 aromatic rings. The summed E-state index contributed by atoms with van der Waals surface area (Å²) in [6, 6.07) is 12.9. The van der Waals surface area contributed by atoms with Gasteiger partial charge in [0.2, 0.25) is 15.9 Å². The largest absolute Gasteiger partial charge is 0.482 e. The summed E-state index contributed by atoms with van der Waals surface area (Å²) in [6.07, 6.45) is 3.23. The zero-order valence-corrected chi connectivity index (χ0v) is 20.9. The Morgan fingerprint density at radius 3 is 2.71 bits per heavy atom. The molecule has 34 heavy (non-hydrogen) atoms. The van der Waals surface area contributed by atoms with Gasteiger partial charge in [-0.3, -0.25) is 0 Å². The fraction of sp³-hybridized carbons (Fsp3) is 0.217. The van der Waals surface area contributed by atoms with Crippen molar-refractivity contribution >= 4 is 43.5 Å². The van der Waals surface area contributed by atoms with E-state index in [1.807, 2.05) is 6.07 Å². The topological polar surface area (TPSA) is 115 Å². The second-order valence-electron chi connectivity index (χ2n) is 7.59. The van der Waals surface area contributed by atoms with Gasteiger partial charge >= 0.3 is 5.97 Å². The Kier molecular flexibility index (Phi) is 7.42. The van der Waals surface area contributed by atoms with Gasteiger partial charge in [0.05, 0.1) is 10.7 Å². The number of aromatic nitrogens is 1. The van der Waals surface area contributed by atoms with Gasteiger partial charge in [0.15, 0.2) is 6.61 Å². The average Bonchev–Trinajstić information content (AvgIpc) is 2.80. The number of nitrogens with zero attached hydrogens (tertiary/aromatic N) is 1. The first-order valence-electron chi connectivity index (χ1n) is 10.3. The number of fused-ring (bicyclic) bond motifs is 1. The minimum absolute atomic E-state index is 0.0202. The van der Waals surface area contributed by atoms with E-state index in [1.165, 1.54) is 12.3 Å². The number of rotatable bonds is 8. The molecule has 0 radical (unpaired) electrons. The third-order valence-electron chi connectivity index (χ3n) is 5.23. The molecule has 1 atom stereocenters.